The van der Waals surface area contributed by atoms with Gasteiger partial charge in [-0.2, -0.15) is 0 Å². The lowest BCUT2D eigenvalue weighted by atomic mass is 10.0. The van der Waals surface area contributed by atoms with Gasteiger partial charge in [-0.25, -0.2) is 18.1 Å². The standard InChI is InChI=1S/C21H27N5O4S/c1-13(2)11-19(21-23-16-7-5-6-8-17(16)24-21)22-18-10-9-15(12-20(18)26(27)28)31(29,30)25-14(3)4/h5-10,12-14,19,22,25H,11H2,1-4H3,(H,23,24). The first-order valence-corrected chi connectivity index (χ1v) is 11.6. The maximum atomic E-state index is 12.4. The van der Waals surface area contributed by atoms with Gasteiger partial charge in [-0.3, -0.25) is 10.1 Å². The van der Waals surface area contributed by atoms with Gasteiger partial charge in [-0.1, -0.05) is 26.0 Å². The van der Waals surface area contributed by atoms with Crippen LogP contribution < -0.4 is 10.0 Å². The zero-order valence-electron chi connectivity index (χ0n) is 17.9. The molecule has 166 valence electrons. The van der Waals surface area contributed by atoms with Crippen molar-refractivity contribution in [2.24, 2.45) is 5.92 Å². The van der Waals surface area contributed by atoms with Crippen molar-refractivity contribution in [1.29, 1.82) is 0 Å². The van der Waals surface area contributed by atoms with Crippen LogP contribution in [-0.2, 0) is 10.0 Å². The van der Waals surface area contributed by atoms with Gasteiger partial charge in [0.15, 0.2) is 0 Å². The third kappa shape index (κ3) is 5.39. The maximum absolute atomic E-state index is 12.4. The molecule has 9 nitrogen and oxygen atoms in total. The van der Waals surface area contributed by atoms with Crippen LogP contribution in [0, 0.1) is 16.0 Å². The first-order valence-electron chi connectivity index (χ1n) is 10.1. The number of anilines is 1. The summed E-state index contributed by atoms with van der Waals surface area (Å²) in [5, 5.41) is 14.9. The number of hydrogen-bond donors (Lipinski definition) is 3. The molecular formula is C21H27N5O4S. The molecule has 0 fully saturated rings. The van der Waals surface area contributed by atoms with E-state index in [1.54, 1.807) is 13.8 Å². The summed E-state index contributed by atoms with van der Waals surface area (Å²) in [6, 6.07) is 10.9. The Morgan fingerprint density at radius 3 is 2.45 bits per heavy atom. The summed E-state index contributed by atoms with van der Waals surface area (Å²) < 4.78 is 27.3. The van der Waals surface area contributed by atoms with E-state index in [-0.39, 0.29) is 28.4 Å². The second kappa shape index (κ2) is 9.03. The average molecular weight is 446 g/mol. The minimum atomic E-state index is -3.85. The van der Waals surface area contributed by atoms with E-state index in [0.29, 0.717) is 18.2 Å². The number of para-hydroxylation sites is 2. The van der Waals surface area contributed by atoms with Gasteiger partial charge in [0, 0.05) is 12.1 Å². The Morgan fingerprint density at radius 2 is 1.84 bits per heavy atom. The van der Waals surface area contributed by atoms with Crippen LogP contribution >= 0.6 is 0 Å². The summed E-state index contributed by atoms with van der Waals surface area (Å²) in [7, 11) is -3.85. The molecule has 0 saturated heterocycles. The van der Waals surface area contributed by atoms with Crippen molar-refractivity contribution in [2.75, 3.05) is 5.32 Å². The van der Waals surface area contributed by atoms with E-state index in [2.05, 4.69) is 33.9 Å². The van der Waals surface area contributed by atoms with Gasteiger partial charge in [0.05, 0.1) is 26.9 Å². The van der Waals surface area contributed by atoms with E-state index < -0.39 is 14.9 Å². The zero-order chi connectivity index (χ0) is 22.8. The molecule has 0 amide bonds. The van der Waals surface area contributed by atoms with Crippen LogP contribution in [0.15, 0.2) is 47.4 Å². The number of nitro groups is 1. The number of sulfonamides is 1. The zero-order valence-corrected chi connectivity index (χ0v) is 18.7. The summed E-state index contributed by atoms with van der Waals surface area (Å²) in [5.74, 6) is 0.960. The van der Waals surface area contributed by atoms with Crippen LogP contribution in [0.1, 0.15) is 46.0 Å². The van der Waals surface area contributed by atoms with Crippen LogP contribution in [0.2, 0.25) is 0 Å². The third-order valence-corrected chi connectivity index (χ3v) is 6.30. The molecule has 1 heterocycles. The maximum Gasteiger partial charge on any atom is 0.293 e. The Hall–Kier alpha value is -2.98. The fourth-order valence-corrected chi connectivity index (χ4v) is 4.64. The highest BCUT2D eigenvalue weighted by Gasteiger charge is 2.25. The highest BCUT2D eigenvalue weighted by atomic mass is 32.2. The number of aromatic nitrogens is 2. The lowest BCUT2D eigenvalue weighted by molar-refractivity contribution is -0.384. The lowest BCUT2D eigenvalue weighted by Gasteiger charge is -2.20. The monoisotopic (exact) mass is 445 g/mol. The normalized spacial score (nSPS) is 13.1. The molecule has 1 unspecified atom stereocenters. The van der Waals surface area contributed by atoms with Gasteiger partial charge >= 0.3 is 0 Å². The van der Waals surface area contributed by atoms with Gasteiger partial charge in [-0.05, 0) is 50.5 Å². The van der Waals surface area contributed by atoms with E-state index >= 15 is 0 Å². The van der Waals surface area contributed by atoms with Crippen LogP contribution in [0.5, 0.6) is 0 Å². The molecule has 0 bridgehead atoms. The van der Waals surface area contributed by atoms with Crippen LogP contribution in [-0.4, -0.2) is 29.4 Å². The molecule has 0 aliphatic heterocycles. The number of hydrogen-bond acceptors (Lipinski definition) is 6. The van der Waals surface area contributed by atoms with Crippen molar-refractivity contribution in [3.8, 4) is 0 Å². The number of nitro benzene ring substituents is 1. The Balaban J connectivity index is 1.99. The van der Waals surface area contributed by atoms with Gasteiger partial charge in [-0.15, -0.1) is 0 Å². The largest absolute Gasteiger partial charge is 0.370 e. The highest BCUT2D eigenvalue weighted by Crippen LogP contribution is 2.33. The first-order chi connectivity index (χ1) is 14.6. The summed E-state index contributed by atoms with van der Waals surface area (Å²) in [4.78, 5) is 18.9. The minimum absolute atomic E-state index is 0.150. The van der Waals surface area contributed by atoms with Crippen molar-refractivity contribution < 1.29 is 13.3 Å². The van der Waals surface area contributed by atoms with Gasteiger partial charge in [0.1, 0.15) is 11.5 Å². The number of nitrogens with zero attached hydrogens (tertiary/aromatic N) is 2. The quantitative estimate of drug-likeness (QED) is 0.331. The summed E-state index contributed by atoms with van der Waals surface area (Å²) in [6.45, 7) is 7.48. The second-order valence-corrected chi connectivity index (χ2v) is 9.89. The lowest BCUT2D eigenvalue weighted by Crippen LogP contribution is -2.30. The molecule has 3 rings (SSSR count). The van der Waals surface area contributed by atoms with Gasteiger partial charge < -0.3 is 10.3 Å². The van der Waals surface area contributed by atoms with Crippen molar-refractivity contribution in [2.45, 2.75) is 51.1 Å². The number of aromatic amines is 1. The molecule has 3 N–H and O–H groups in total. The summed E-state index contributed by atoms with van der Waals surface area (Å²) >= 11 is 0. The van der Waals surface area contributed by atoms with Crippen molar-refractivity contribution >= 4 is 32.4 Å². The van der Waals surface area contributed by atoms with Crippen molar-refractivity contribution in [3.05, 3.63) is 58.4 Å². The third-order valence-electron chi connectivity index (χ3n) is 4.64. The Morgan fingerprint density at radius 1 is 1.13 bits per heavy atom. The number of benzene rings is 2. The summed E-state index contributed by atoms with van der Waals surface area (Å²) in [6.07, 6.45) is 0.673. The molecule has 0 aliphatic rings. The fraction of sp³-hybridized carbons (Fsp3) is 0.381. The van der Waals surface area contributed by atoms with Crippen LogP contribution in [0.25, 0.3) is 11.0 Å². The average Bonchev–Trinajstić information content (AvgIpc) is 3.10. The van der Waals surface area contributed by atoms with E-state index in [0.717, 1.165) is 17.1 Å². The molecule has 31 heavy (non-hydrogen) atoms. The number of rotatable bonds is 9. The van der Waals surface area contributed by atoms with E-state index in [9.17, 15) is 18.5 Å². The SMILES string of the molecule is CC(C)CC(Nc1ccc(S(=O)(=O)NC(C)C)cc1[N+](=O)[O-])c1nc2ccccc2[nH]1. The molecular weight excluding hydrogens is 418 g/mol. The van der Waals surface area contributed by atoms with Crippen LogP contribution in [0.4, 0.5) is 11.4 Å². The minimum Gasteiger partial charge on any atom is -0.370 e. The molecule has 3 aromatic rings. The predicted octanol–water partition coefficient (Wildman–Crippen LogP) is 4.36. The molecule has 0 spiro atoms. The number of H-pyrrole nitrogens is 1. The van der Waals surface area contributed by atoms with Gasteiger partial charge in [0.2, 0.25) is 10.0 Å². The van der Waals surface area contributed by atoms with Crippen LogP contribution in [0.3, 0.4) is 0 Å². The van der Waals surface area contributed by atoms with Crippen molar-refractivity contribution in [1.82, 2.24) is 14.7 Å². The Bertz CT molecular complexity index is 1150. The molecule has 10 heteroatoms. The highest BCUT2D eigenvalue weighted by molar-refractivity contribution is 7.89. The second-order valence-electron chi connectivity index (χ2n) is 8.18. The molecule has 0 saturated carbocycles. The first kappa shape index (κ1) is 22.7. The molecule has 1 atom stereocenters. The Labute approximate surface area is 181 Å². The number of imidazole rings is 1. The molecule has 2 aromatic carbocycles. The molecule has 0 radical (unpaired) electrons. The predicted molar refractivity (Wildman–Crippen MR) is 120 cm³/mol. The van der Waals surface area contributed by atoms with E-state index in [1.807, 2.05) is 24.3 Å². The molecule has 1 aromatic heterocycles. The van der Waals surface area contributed by atoms with E-state index in [1.165, 1.54) is 12.1 Å². The number of nitrogens with one attached hydrogen (secondary N) is 3. The number of fused-ring (bicyclic) bond motifs is 1. The van der Waals surface area contributed by atoms with E-state index in [4.69, 9.17) is 0 Å². The Kier molecular flexibility index (Phi) is 6.61. The molecule has 0 aliphatic carbocycles. The summed E-state index contributed by atoms with van der Waals surface area (Å²) in [5.41, 5.74) is 1.61. The smallest absolute Gasteiger partial charge is 0.293 e. The topological polar surface area (TPSA) is 130 Å². The van der Waals surface area contributed by atoms with Crippen molar-refractivity contribution in [3.63, 3.8) is 0 Å². The van der Waals surface area contributed by atoms with Gasteiger partial charge in [0.25, 0.3) is 5.69 Å². The fourth-order valence-electron chi connectivity index (χ4n) is 3.37.